The first-order valence-corrected chi connectivity index (χ1v) is 34.3. The molecule has 0 bridgehead atoms. The minimum atomic E-state index is -1.08. The number of aromatic amines is 2. The Balaban J connectivity index is 0.000000206. The molecule has 9 heterocycles. The van der Waals surface area contributed by atoms with Gasteiger partial charge >= 0.3 is 17.1 Å². The van der Waals surface area contributed by atoms with Crippen molar-refractivity contribution in [1.29, 1.82) is 0 Å². The van der Waals surface area contributed by atoms with Gasteiger partial charge in [-0.05, 0) is 149 Å². The third-order valence-electron chi connectivity index (χ3n) is 15.0. The van der Waals surface area contributed by atoms with E-state index < -0.39 is 132 Å². The van der Waals surface area contributed by atoms with Gasteiger partial charge in [0.25, 0.3) is 16.7 Å². The lowest BCUT2D eigenvalue weighted by atomic mass is 10.1. The van der Waals surface area contributed by atoms with Crippen LogP contribution in [0.25, 0.3) is 11.2 Å². The van der Waals surface area contributed by atoms with Gasteiger partial charge in [-0.3, -0.25) is 47.2 Å². The maximum absolute atomic E-state index is 12.3. The smallest absolute Gasteiger partial charge is 0.332 e. The number of halogens is 2. The summed E-state index contributed by atoms with van der Waals surface area (Å²) in [4.78, 5) is 87.6. The maximum atomic E-state index is 12.3. The van der Waals surface area contributed by atoms with Crippen molar-refractivity contribution in [2.75, 3.05) is 37.9 Å². The Hall–Kier alpha value is -5.24. The van der Waals surface area contributed by atoms with Crippen LogP contribution in [0.4, 0.5) is 11.8 Å². The average Bonchev–Trinajstić information content (AvgIpc) is 1.63. The van der Waals surface area contributed by atoms with E-state index in [0.29, 0.717) is 21.3 Å². The number of aliphatic hydroxyl groups is 4. The first-order chi connectivity index (χ1) is 45.9. The predicted octanol–water partition coefficient (Wildman–Crippen LogP) is 1.89. The summed E-state index contributed by atoms with van der Waals surface area (Å²) in [6, 6.07) is 1.26. The highest BCUT2D eigenvalue weighted by Crippen LogP contribution is 2.37. The molecule has 16 atom stereocenters. The van der Waals surface area contributed by atoms with Crippen molar-refractivity contribution in [1.82, 2.24) is 47.8 Å². The summed E-state index contributed by atoms with van der Waals surface area (Å²) in [5.41, 5.74) is 9.05. The van der Waals surface area contributed by atoms with E-state index >= 15 is 0 Å². The van der Waals surface area contributed by atoms with Crippen LogP contribution in [0.15, 0.2) is 64.2 Å². The zero-order chi connectivity index (χ0) is 73.1. The molecule has 10 N–H and O–H groups in total. The van der Waals surface area contributed by atoms with E-state index in [1.54, 1.807) is 4.57 Å². The summed E-state index contributed by atoms with van der Waals surface area (Å²) in [6.07, 6.45) is -7.13. The van der Waals surface area contributed by atoms with Crippen LogP contribution in [-0.4, -0.2) is 217 Å². The maximum Gasteiger partial charge on any atom is 0.332 e. The normalized spacial score (nSPS) is 27.1. The van der Waals surface area contributed by atoms with Gasteiger partial charge in [-0.25, -0.2) is 19.4 Å². The molecule has 0 aliphatic carbocycles. The molecule has 4 unspecified atom stereocenters. The topological polar surface area (TPSA) is 441 Å². The van der Waals surface area contributed by atoms with Crippen LogP contribution >= 0.6 is 38.5 Å². The van der Waals surface area contributed by atoms with Crippen molar-refractivity contribution in [3.05, 3.63) is 102 Å². The molecule has 0 amide bonds. The Labute approximate surface area is 587 Å². The number of nitrogens with one attached hydrogen (secondary N) is 2. The Morgan fingerprint density at radius 2 is 0.867 bits per heavy atom. The number of rotatable bonds is 24. The van der Waals surface area contributed by atoms with E-state index in [0.717, 1.165) is 9.13 Å². The van der Waals surface area contributed by atoms with Crippen LogP contribution in [-0.2, 0) is 63.9 Å². The second kappa shape index (κ2) is 36.6. The number of fused-ring (bicyclic) bond motifs is 1. The molecule has 36 heteroatoms. The molecular weight excluding hydrogens is 1470 g/mol. The predicted molar refractivity (Wildman–Crippen MR) is 367 cm³/mol. The van der Waals surface area contributed by atoms with Gasteiger partial charge in [0.05, 0.1) is 89.6 Å². The first-order valence-electron chi connectivity index (χ1n) is 32.4. The zero-order valence-corrected chi connectivity index (χ0v) is 61.9. The molecule has 5 aromatic heterocycles. The summed E-state index contributed by atoms with van der Waals surface area (Å²) < 4.78 is 75.7. The Bertz CT molecular complexity index is 3550. The van der Waals surface area contributed by atoms with E-state index in [-0.39, 0.29) is 84.9 Å². The van der Waals surface area contributed by atoms with Crippen molar-refractivity contribution in [2.24, 2.45) is 7.05 Å². The van der Waals surface area contributed by atoms with Crippen LogP contribution < -0.4 is 45.2 Å². The number of aromatic nitrogens is 10. The van der Waals surface area contributed by atoms with Crippen LogP contribution in [0, 0.1) is 3.57 Å². The molecular formula is C62H98BrIN12O22. The van der Waals surface area contributed by atoms with E-state index in [1.807, 2.05) is 133 Å². The summed E-state index contributed by atoms with van der Waals surface area (Å²) in [6.45, 7) is 31.2. The molecule has 0 spiro atoms. The number of imidazole rings is 1. The van der Waals surface area contributed by atoms with Gasteiger partial charge in [0, 0.05) is 31.7 Å². The highest BCUT2D eigenvalue weighted by atomic mass is 127. The molecule has 4 aliphatic rings. The van der Waals surface area contributed by atoms with Gasteiger partial charge in [-0.2, -0.15) is 9.97 Å². The van der Waals surface area contributed by atoms with Gasteiger partial charge < -0.3 is 88.7 Å². The van der Waals surface area contributed by atoms with Crippen LogP contribution in [0.3, 0.4) is 0 Å². The van der Waals surface area contributed by atoms with Gasteiger partial charge in [0.1, 0.15) is 78.8 Å². The first kappa shape index (κ1) is 81.7. The molecule has 0 saturated carbocycles. The number of nitrogen functional groups attached to an aromatic ring is 2. The van der Waals surface area contributed by atoms with Crippen LogP contribution in [0.1, 0.15) is 136 Å². The molecule has 98 heavy (non-hydrogen) atoms. The number of H-pyrrole nitrogens is 2. The summed E-state index contributed by atoms with van der Waals surface area (Å²) in [7, 11) is 1.38. The standard InChI is InChI=1S/C16H26N6O4.C16H26N2O6.C15H23BrN2O6.C15H23IN2O6/c1-7(2)24-5-9-12(25-8(3)4)11(23)15(26-9)22-6-19-10-13(17)20-16(18)21-14(10)22;1-9(2)22-8-11-14(23-10(3)4)13(20)15(24-11)18-7-6-12(19)17(5)16(18)21;2*1-7(2)22-6-10-12(23-8(3)4)11(19)14(24-10)18-5-9(16)13(20)17-15(18)21/h6-9,11-12,15,23H,5H2,1-4H3,(H4,17,18,20,21);6-7,9-11,13-15,20H,8H2,1-5H3;2*5,7-8,10-12,14,19H,6H2,1-4H3,(H,17,20,21)/t9-,11+,12?,15-;11-,13+,14?,15-;2*10-,11+,12?,14-/m1111/s1. The fourth-order valence-corrected chi connectivity index (χ4v) is 11.4. The molecule has 0 aromatic carbocycles. The van der Waals surface area contributed by atoms with E-state index in [4.69, 9.17) is 68.3 Å². The highest BCUT2D eigenvalue weighted by molar-refractivity contribution is 14.1. The highest BCUT2D eigenvalue weighted by Gasteiger charge is 2.50. The number of nitrogens with two attached hydrogens (primary N) is 2. The molecule has 552 valence electrons. The van der Waals surface area contributed by atoms with Crippen molar-refractivity contribution in [3.8, 4) is 0 Å². The molecule has 5 aromatic rings. The lowest BCUT2D eigenvalue weighted by Gasteiger charge is -2.23. The van der Waals surface area contributed by atoms with Crippen LogP contribution in [0.2, 0.25) is 0 Å². The van der Waals surface area contributed by atoms with Gasteiger partial charge in [0.2, 0.25) is 5.95 Å². The number of ether oxygens (including phenoxy) is 12. The summed E-state index contributed by atoms with van der Waals surface area (Å²) in [5, 5.41) is 42.7. The summed E-state index contributed by atoms with van der Waals surface area (Å²) in [5.74, 6) is 0.201. The van der Waals surface area contributed by atoms with Crippen molar-refractivity contribution in [3.63, 3.8) is 0 Å². The fraction of sp³-hybridized carbons (Fsp3) is 0.726. The number of hydrogen-bond acceptors (Lipinski definition) is 27. The number of nitrogens with zero attached hydrogens (tertiary/aromatic N) is 8. The van der Waals surface area contributed by atoms with Gasteiger partial charge in [-0.1, -0.05) is 0 Å². The van der Waals surface area contributed by atoms with Crippen LogP contribution in [0.5, 0.6) is 0 Å². The minimum Gasteiger partial charge on any atom is -0.386 e. The van der Waals surface area contributed by atoms with E-state index in [2.05, 4.69) is 40.8 Å². The van der Waals surface area contributed by atoms with Crippen molar-refractivity contribution >= 4 is 61.5 Å². The average molecular weight is 1570 g/mol. The molecule has 34 nitrogen and oxygen atoms in total. The van der Waals surface area contributed by atoms with E-state index in [1.165, 1.54) is 47.2 Å². The van der Waals surface area contributed by atoms with E-state index in [9.17, 15) is 49.2 Å². The quantitative estimate of drug-likeness (QED) is 0.0409. The largest absolute Gasteiger partial charge is 0.386 e. The Morgan fingerprint density at radius 1 is 0.520 bits per heavy atom. The number of aliphatic hydroxyl groups excluding tert-OH is 4. The monoisotopic (exact) mass is 1570 g/mol. The third-order valence-corrected chi connectivity index (χ3v) is 16.3. The molecule has 9 rings (SSSR count). The lowest BCUT2D eigenvalue weighted by Crippen LogP contribution is -2.42. The lowest BCUT2D eigenvalue weighted by molar-refractivity contribution is -0.0980. The zero-order valence-electron chi connectivity index (χ0n) is 58.2. The van der Waals surface area contributed by atoms with Gasteiger partial charge in [-0.15, -0.1) is 0 Å². The minimum absolute atomic E-state index is 0.00115. The van der Waals surface area contributed by atoms with Crippen molar-refractivity contribution < 1.29 is 77.3 Å². The fourth-order valence-electron chi connectivity index (χ4n) is 10.6. The van der Waals surface area contributed by atoms with Gasteiger partial charge in [0.15, 0.2) is 36.4 Å². The Kier molecular flexibility index (Phi) is 30.5. The van der Waals surface area contributed by atoms with Crippen molar-refractivity contribution in [2.45, 2.75) is 258 Å². The number of anilines is 2. The second-order valence-electron chi connectivity index (χ2n) is 25.8. The second-order valence-corrected chi connectivity index (χ2v) is 27.8. The summed E-state index contributed by atoms with van der Waals surface area (Å²) >= 11 is 4.89. The number of hydrogen-bond donors (Lipinski definition) is 8. The molecule has 4 fully saturated rings. The third kappa shape index (κ3) is 21.4. The molecule has 0 radical (unpaired) electrons. The Morgan fingerprint density at radius 3 is 1.23 bits per heavy atom. The SMILES string of the molecule is CC(C)OC[C@H]1O[C@@H](n2cc(Br)c(=O)[nH]c2=O)[C@@H](O)C1OC(C)C.CC(C)OC[C@H]1O[C@@H](n2cc(I)c(=O)[nH]c2=O)[C@@H](O)C1OC(C)C.CC(C)OC[C@H]1O[C@@H](n2ccc(=O)n(C)c2=O)[C@@H](O)C1OC(C)C.CC(C)OC[C@H]1O[C@@H](n2cnc3c(N)nc(N)nc32)[C@@H](O)C1OC(C)C. The molecule has 4 saturated heterocycles. The molecule has 4 aliphatic heterocycles.